The first-order valence-electron chi connectivity index (χ1n) is 8.72. The van der Waals surface area contributed by atoms with Gasteiger partial charge in [-0.3, -0.25) is 4.79 Å². The number of nitrogens with two attached hydrogens (primary N) is 1. The number of hydrogen-bond donors (Lipinski definition) is 3. The minimum atomic E-state index is -0.0589. The summed E-state index contributed by atoms with van der Waals surface area (Å²) >= 11 is 0. The van der Waals surface area contributed by atoms with E-state index in [1.807, 2.05) is 48.5 Å². The first-order valence-corrected chi connectivity index (χ1v) is 8.72. The van der Waals surface area contributed by atoms with E-state index in [4.69, 9.17) is 10.5 Å². The highest BCUT2D eigenvalue weighted by molar-refractivity contribution is 6.00. The number of halogens is 2. The fourth-order valence-corrected chi connectivity index (χ4v) is 3.40. The molecule has 0 bridgehead atoms. The van der Waals surface area contributed by atoms with Gasteiger partial charge in [-0.25, -0.2) is 0 Å². The van der Waals surface area contributed by atoms with Crippen molar-refractivity contribution in [2.45, 2.75) is 25.3 Å². The molecule has 1 fully saturated rings. The lowest BCUT2D eigenvalue weighted by molar-refractivity contribution is 0.0929. The Morgan fingerprint density at radius 2 is 1.93 bits per heavy atom. The van der Waals surface area contributed by atoms with Crippen LogP contribution in [0.3, 0.4) is 0 Å². The average molecular weight is 412 g/mol. The predicted octanol–water partition coefficient (Wildman–Crippen LogP) is 4.14. The lowest BCUT2D eigenvalue weighted by Crippen LogP contribution is -2.40. The number of hydrogen-bond acceptors (Lipinski definition) is 4. The maximum Gasteiger partial charge on any atom is 0.253 e. The van der Waals surface area contributed by atoms with Crippen LogP contribution in [0.1, 0.15) is 29.6 Å². The van der Waals surface area contributed by atoms with E-state index in [9.17, 15) is 4.79 Å². The molecule has 0 spiro atoms. The Hall–Kier alpha value is -1.95. The number of methoxy groups -OCH3 is 1. The Morgan fingerprint density at radius 1 is 1.15 bits per heavy atom. The van der Waals surface area contributed by atoms with Crippen LogP contribution < -0.4 is 21.1 Å². The second-order valence-electron chi connectivity index (χ2n) is 6.41. The summed E-state index contributed by atoms with van der Waals surface area (Å²) in [5.41, 5.74) is 8.10. The van der Waals surface area contributed by atoms with Gasteiger partial charge in [-0.2, -0.15) is 0 Å². The fraction of sp³-hybridized carbons (Fsp3) is 0.350. The molecule has 4 N–H and O–H groups in total. The number of amides is 1. The molecular formula is C20H27Cl2N3O2. The molecule has 3 rings (SSSR count). The summed E-state index contributed by atoms with van der Waals surface area (Å²) in [6.07, 6.45) is 3.21. The molecule has 1 amide bonds. The SMILES string of the molecule is COc1cccc(Nc2ccccc2C(=O)NC2CCCC2CN)c1.Cl.Cl. The van der Waals surface area contributed by atoms with Crippen LogP contribution in [0, 0.1) is 5.92 Å². The van der Waals surface area contributed by atoms with Crippen molar-refractivity contribution in [1.82, 2.24) is 5.32 Å². The van der Waals surface area contributed by atoms with Crippen molar-refractivity contribution in [2.24, 2.45) is 11.7 Å². The number of rotatable bonds is 6. The van der Waals surface area contributed by atoms with E-state index in [1.165, 1.54) is 0 Å². The monoisotopic (exact) mass is 411 g/mol. The normalized spacial score (nSPS) is 18.0. The summed E-state index contributed by atoms with van der Waals surface area (Å²) in [4.78, 5) is 12.8. The van der Waals surface area contributed by atoms with Gasteiger partial charge in [0.25, 0.3) is 5.91 Å². The van der Waals surface area contributed by atoms with Crippen LogP contribution in [0.2, 0.25) is 0 Å². The Balaban J connectivity index is 0.00000182. The van der Waals surface area contributed by atoms with E-state index in [2.05, 4.69) is 10.6 Å². The first kappa shape index (κ1) is 23.1. The molecule has 2 aromatic carbocycles. The van der Waals surface area contributed by atoms with E-state index in [0.29, 0.717) is 18.0 Å². The number of nitrogens with one attached hydrogen (secondary N) is 2. The Bertz CT molecular complexity index is 743. The molecule has 0 aliphatic heterocycles. The summed E-state index contributed by atoms with van der Waals surface area (Å²) in [5.74, 6) is 1.09. The van der Waals surface area contributed by atoms with Crippen LogP contribution in [0.25, 0.3) is 0 Å². The quantitative estimate of drug-likeness (QED) is 0.667. The number of anilines is 2. The number of carbonyl (C=O) groups excluding carboxylic acids is 1. The van der Waals surface area contributed by atoms with Gasteiger partial charge in [-0.05, 0) is 49.6 Å². The van der Waals surface area contributed by atoms with Crippen LogP contribution in [0.15, 0.2) is 48.5 Å². The smallest absolute Gasteiger partial charge is 0.253 e. The number of carbonyl (C=O) groups is 1. The average Bonchev–Trinajstić information content (AvgIpc) is 3.09. The third-order valence-electron chi connectivity index (χ3n) is 4.80. The van der Waals surface area contributed by atoms with Gasteiger partial charge in [0, 0.05) is 17.8 Å². The van der Waals surface area contributed by atoms with E-state index >= 15 is 0 Å². The van der Waals surface area contributed by atoms with Gasteiger partial charge in [-0.15, -0.1) is 24.8 Å². The molecule has 27 heavy (non-hydrogen) atoms. The van der Waals surface area contributed by atoms with Crippen molar-refractivity contribution >= 4 is 42.1 Å². The predicted molar refractivity (Wildman–Crippen MR) is 115 cm³/mol. The zero-order chi connectivity index (χ0) is 17.6. The molecule has 1 aliphatic rings. The summed E-state index contributed by atoms with van der Waals surface area (Å²) < 4.78 is 5.25. The third kappa shape index (κ3) is 5.76. The molecule has 7 heteroatoms. The van der Waals surface area contributed by atoms with Gasteiger partial charge in [0.05, 0.1) is 18.4 Å². The highest BCUT2D eigenvalue weighted by Crippen LogP contribution is 2.27. The highest BCUT2D eigenvalue weighted by atomic mass is 35.5. The van der Waals surface area contributed by atoms with Gasteiger partial charge < -0.3 is 21.1 Å². The molecule has 0 heterocycles. The van der Waals surface area contributed by atoms with E-state index in [0.717, 1.165) is 36.4 Å². The zero-order valence-electron chi connectivity index (χ0n) is 15.3. The Labute approximate surface area is 172 Å². The Morgan fingerprint density at radius 3 is 2.67 bits per heavy atom. The third-order valence-corrected chi connectivity index (χ3v) is 4.80. The molecule has 2 aromatic rings. The minimum absolute atomic E-state index is 0. The number of ether oxygens (including phenoxy) is 1. The second-order valence-corrected chi connectivity index (χ2v) is 6.41. The van der Waals surface area contributed by atoms with Crippen LogP contribution in [-0.4, -0.2) is 25.6 Å². The van der Waals surface area contributed by atoms with Crippen LogP contribution in [-0.2, 0) is 0 Å². The van der Waals surface area contributed by atoms with Crippen molar-refractivity contribution in [1.29, 1.82) is 0 Å². The van der Waals surface area contributed by atoms with Crippen molar-refractivity contribution < 1.29 is 9.53 Å². The van der Waals surface area contributed by atoms with Crippen molar-refractivity contribution in [3.05, 3.63) is 54.1 Å². The van der Waals surface area contributed by atoms with E-state index < -0.39 is 0 Å². The molecule has 2 atom stereocenters. The van der Waals surface area contributed by atoms with Crippen molar-refractivity contribution in [2.75, 3.05) is 19.0 Å². The topological polar surface area (TPSA) is 76.4 Å². The molecule has 0 saturated heterocycles. The number of benzene rings is 2. The van der Waals surface area contributed by atoms with Gasteiger partial charge in [-0.1, -0.05) is 24.6 Å². The summed E-state index contributed by atoms with van der Waals surface area (Å²) in [7, 11) is 1.63. The molecule has 148 valence electrons. The van der Waals surface area contributed by atoms with Crippen LogP contribution in [0.5, 0.6) is 5.75 Å². The Kier molecular flexibility index (Phi) is 9.43. The molecule has 5 nitrogen and oxygen atoms in total. The zero-order valence-corrected chi connectivity index (χ0v) is 16.9. The number of para-hydroxylation sites is 1. The lowest BCUT2D eigenvalue weighted by atomic mass is 10.0. The van der Waals surface area contributed by atoms with E-state index in [-0.39, 0.29) is 36.8 Å². The first-order chi connectivity index (χ1) is 12.2. The van der Waals surface area contributed by atoms with Gasteiger partial charge in [0.2, 0.25) is 0 Å². The van der Waals surface area contributed by atoms with Gasteiger partial charge in [0.15, 0.2) is 0 Å². The van der Waals surface area contributed by atoms with Gasteiger partial charge >= 0.3 is 0 Å². The molecule has 1 aliphatic carbocycles. The summed E-state index contributed by atoms with van der Waals surface area (Å²) in [6, 6.07) is 15.3. The lowest BCUT2D eigenvalue weighted by Gasteiger charge is -2.20. The minimum Gasteiger partial charge on any atom is -0.497 e. The second kappa shape index (κ2) is 11.0. The standard InChI is InChI=1S/C20H25N3O2.2ClH/c1-25-16-8-5-7-15(12-16)22-19-10-3-2-9-17(19)20(24)23-18-11-4-6-14(18)13-21;;/h2-3,5,7-10,12,14,18,22H,4,6,11,13,21H2,1H3,(H,23,24);2*1H. The summed E-state index contributed by atoms with van der Waals surface area (Å²) in [6.45, 7) is 0.620. The van der Waals surface area contributed by atoms with Crippen molar-refractivity contribution in [3.8, 4) is 5.75 Å². The largest absolute Gasteiger partial charge is 0.497 e. The summed E-state index contributed by atoms with van der Waals surface area (Å²) in [5, 5.41) is 6.47. The van der Waals surface area contributed by atoms with E-state index in [1.54, 1.807) is 7.11 Å². The molecule has 0 aromatic heterocycles. The molecule has 0 radical (unpaired) electrons. The molecule has 2 unspecified atom stereocenters. The molecule has 1 saturated carbocycles. The van der Waals surface area contributed by atoms with Crippen LogP contribution >= 0.6 is 24.8 Å². The van der Waals surface area contributed by atoms with Gasteiger partial charge in [0.1, 0.15) is 5.75 Å². The van der Waals surface area contributed by atoms with Crippen LogP contribution in [0.4, 0.5) is 11.4 Å². The maximum atomic E-state index is 12.8. The highest BCUT2D eigenvalue weighted by Gasteiger charge is 2.28. The molecular weight excluding hydrogens is 385 g/mol. The van der Waals surface area contributed by atoms with Crippen molar-refractivity contribution in [3.63, 3.8) is 0 Å². The fourth-order valence-electron chi connectivity index (χ4n) is 3.40. The maximum absolute atomic E-state index is 12.8.